The van der Waals surface area contributed by atoms with Crippen molar-refractivity contribution in [2.45, 2.75) is 85.5 Å². The summed E-state index contributed by atoms with van der Waals surface area (Å²) in [5.74, 6) is 0.825. The summed E-state index contributed by atoms with van der Waals surface area (Å²) in [6, 6.07) is 8.20. The quantitative estimate of drug-likeness (QED) is 0.573. The number of benzene rings is 1. The van der Waals surface area contributed by atoms with E-state index in [9.17, 15) is 4.79 Å². The molecule has 1 aromatic heterocycles. The third kappa shape index (κ3) is 5.69. The summed E-state index contributed by atoms with van der Waals surface area (Å²) in [7, 11) is 0. The van der Waals surface area contributed by atoms with Crippen LogP contribution in [0.2, 0.25) is 0 Å². The van der Waals surface area contributed by atoms with Gasteiger partial charge in [-0.05, 0) is 37.5 Å². The second-order valence-corrected chi connectivity index (χ2v) is 8.51. The summed E-state index contributed by atoms with van der Waals surface area (Å²) in [6.45, 7) is 12.8. The van der Waals surface area contributed by atoms with Gasteiger partial charge in [-0.3, -0.25) is 4.79 Å². The summed E-state index contributed by atoms with van der Waals surface area (Å²) >= 11 is 0. The van der Waals surface area contributed by atoms with Crippen molar-refractivity contribution >= 4 is 11.7 Å². The van der Waals surface area contributed by atoms with E-state index >= 15 is 0 Å². The van der Waals surface area contributed by atoms with Crippen LogP contribution in [0.4, 0.5) is 5.82 Å². The Kier molecular flexibility index (Phi) is 7.23. The number of hydrogen-bond acceptors (Lipinski definition) is 2. The minimum atomic E-state index is -0.0807. The predicted octanol–water partition coefficient (Wildman–Crippen LogP) is 6.09. The Morgan fingerprint density at radius 3 is 2.48 bits per heavy atom. The van der Waals surface area contributed by atoms with Gasteiger partial charge in [0.05, 0.1) is 11.4 Å². The summed E-state index contributed by atoms with van der Waals surface area (Å²) in [4.78, 5) is 12.5. The number of rotatable bonds is 8. The zero-order valence-electron chi connectivity index (χ0n) is 17.9. The monoisotopic (exact) mass is 369 g/mol. The molecule has 4 nitrogen and oxygen atoms in total. The highest BCUT2D eigenvalue weighted by molar-refractivity contribution is 5.90. The first-order valence-corrected chi connectivity index (χ1v) is 10.2. The van der Waals surface area contributed by atoms with Crippen molar-refractivity contribution in [3.05, 3.63) is 41.1 Å². The van der Waals surface area contributed by atoms with Crippen molar-refractivity contribution < 1.29 is 4.79 Å². The van der Waals surface area contributed by atoms with Crippen LogP contribution in [-0.2, 0) is 10.2 Å². The van der Waals surface area contributed by atoms with Crippen LogP contribution in [0.25, 0.3) is 5.69 Å². The van der Waals surface area contributed by atoms with Gasteiger partial charge in [0.2, 0.25) is 5.91 Å². The maximum absolute atomic E-state index is 12.5. The summed E-state index contributed by atoms with van der Waals surface area (Å²) in [5, 5.41) is 7.93. The average Bonchev–Trinajstić information content (AvgIpc) is 3.01. The number of carbonyl (C=O) groups is 1. The molecule has 0 aliphatic heterocycles. The van der Waals surface area contributed by atoms with E-state index in [2.05, 4.69) is 59.0 Å². The zero-order chi connectivity index (χ0) is 20.0. The summed E-state index contributed by atoms with van der Waals surface area (Å²) in [6.07, 6.45) is 6.29. The number of carbonyl (C=O) groups excluding carboxylic acids is 1. The lowest BCUT2D eigenvalue weighted by Gasteiger charge is -2.15. The topological polar surface area (TPSA) is 46.9 Å². The fraction of sp³-hybridized carbons (Fsp3) is 0.565. The van der Waals surface area contributed by atoms with E-state index in [1.54, 1.807) is 0 Å². The summed E-state index contributed by atoms with van der Waals surface area (Å²) < 4.78 is 1.89. The number of anilines is 1. The first-order valence-electron chi connectivity index (χ1n) is 10.2. The second kappa shape index (κ2) is 9.20. The van der Waals surface area contributed by atoms with Crippen LogP contribution in [0.3, 0.4) is 0 Å². The van der Waals surface area contributed by atoms with Gasteiger partial charge in [-0.25, -0.2) is 4.68 Å². The third-order valence-corrected chi connectivity index (χ3v) is 5.06. The van der Waals surface area contributed by atoms with E-state index in [1.807, 2.05) is 16.8 Å². The standard InChI is InChI=1S/C23H35N3O/c1-7-8-9-10-11-15-22(27)24-21-16-20(23(4,5)6)25-26(21)19-14-12-13-17(2)18(19)3/h12-14,16H,7-11,15H2,1-6H3,(H,24,27). The van der Waals surface area contributed by atoms with Crippen molar-refractivity contribution in [1.82, 2.24) is 9.78 Å². The Morgan fingerprint density at radius 1 is 1.11 bits per heavy atom. The van der Waals surface area contributed by atoms with Gasteiger partial charge in [-0.2, -0.15) is 5.10 Å². The Hall–Kier alpha value is -2.10. The maximum Gasteiger partial charge on any atom is 0.225 e. The molecule has 0 spiro atoms. The SMILES string of the molecule is CCCCCCCC(=O)Nc1cc(C(C)(C)C)nn1-c1cccc(C)c1C. The summed E-state index contributed by atoms with van der Waals surface area (Å²) in [5.41, 5.74) is 4.30. The molecule has 0 aliphatic rings. The van der Waals surface area contributed by atoms with Crippen LogP contribution in [0.15, 0.2) is 24.3 Å². The van der Waals surface area contributed by atoms with Crippen molar-refractivity contribution in [2.24, 2.45) is 0 Å². The van der Waals surface area contributed by atoms with Gasteiger partial charge in [-0.15, -0.1) is 0 Å². The van der Waals surface area contributed by atoms with Crippen LogP contribution in [-0.4, -0.2) is 15.7 Å². The largest absolute Gasteiger partial charge is 0.311 e. The Morgan fingerprint density at radius 2 is 1.81 bits per heavy atom. The fourth-order valence-corrected chi connectivity index (χ4v) is 3.08. The van der Waals surface area contributed by atoms with Crippen LogP contribution in [0.5, 0.6) is 0 Å². The van der Waals surface area contributed by atoms with E-state index in [0.717, 1.165) is 30.0 Å². The Bertz CT molecular complexity index is 768. The Balaban J connectivity index is 2.23. The number of aromatic nitrogens is 2. The van der Waals surface area contributed by atoms with Crippen LogP contribution in [0.1, 0.15) is 83.0 Å². The molecule has 1 amide bonds. The number of nitrogens with zero attached hydrogens (tertiary/aromatic N) is 2. The predicted molar refractivity (Wildman–Crippen MR) is 114 cm³/mol. The smallest absolute Gasteiger partial charge is 0.225 e. The number of amides is 1. The van der Waals surface area contributed by atoms with Gasteiger partial charge in [-0.1, -0.05) is 65.5 Å². The highest BCUT2D eigenvalue weighted by Crippen LogP contribution is 2.28. The number of aryl methyl sites for hydroxylation is 1. The third-order valence-electron chi connectivity index (χ3n) is 5.06. The van der Waals surface area contributed by atoms with E-state index in [4.69, 9.17) is 5.10 Å². The molecule has 2 aromatic rings. The molecule has 148 valence electrons. The molecule has 2 rings (SSSR count). The molecule has 0 bridgehead atoms. The maximum atomic E-state index is 12.5. The number of nitrogens with one attached hydrogen (secondary N) is 1. The molecular formula is C23H35N3O. The lowest BCUT2D eigenvalue weighted by Crippen LogP contribution is -2.15. The molecule has 0 unspecified atom stereocenters. The molecule has 0 saturated heterocycles. The second-order valence-electron chi connectivity index (χ2n) is 8.51. The van der Waals surface area contributed by atoms with Crippen LogP contribution in [0, 0.1) is 13.8 Å². The Labute approximate surface area is 164 Å². The van der Waals surface area contributed by atoms with E-state index in [0.29, 0.717) is 6.42 Å². The minimum Gasteiger partial charge on any atom is -0.311 e. The van der Waals surface area contributed by atoms with Crippen molar-refractivity contribution in [2.75, 3.05) is 5.32 Å². The molecule has 27 heavy (non-hydrogen) atoms. The minimum absolute atomic E-state index is 0.0680. The molecule has 0 saturated carbocycles. The van der Waals surface area contributed by atoms with Gasteiger partial charge in [0, 0.05) is 17.9 Å². The first kappa shape index (κ1) is 21.2. The fourth-order valence-electron chi connectivity index (χ4n) is 3.08. The van der Waals surface area contributed by atoms with Crippen molar-refractivity contribution in [1.29, 1.82) is 0 Å². The molecule has 0 aliphatic carbocycles. The van der Waals surface area contributed by atoms with Crippen molar-refractivity contribution in [3.8, 4) is 5.69 Å². The molecule has 0 radical (unpaired) electrons. The van der Waals surface area contributed by atoms with Gasteiger partial charge in [0.25, 0.3) is 0 Å². The highest BCUT2D eigenvalue weighted by atomic mass is 16.1. The molecule has 1 N–H and O–H groups in total. The normalized spacial score (nSPS) is 11.6. The number of hydrogen-bond donors (Lipinski definition) is 1. The average molecular weight is 370 g/mol. The molecule has 0 atom stereocenters. The van der Waals surface area contributed by atoms with Gasteiger partial charge < -0.3 is 5.32 Å². The molecule has 1 heterocycles. The van der Waals surface area contributed by atoms with Crippen molar-refractivity contribution in [3.63, 3.8) is 0 Å². The molecule has 1 aromatic carbocycles. The highest BCUT2D eigenvalue weighted by Gasteiger charge is 2.22. The van der Waals surface area contributed by atoms with Crippen LogP contribution < -0.4 is 5.32 Å². The van der Waals surface area contributed by atoms with E-state index in [-0.39, 0.29) is 11.3 Å². The lowest BCUT2D eigenvalue weighted by atomic mass is 9.92. The van der Waals surface area contributed by atoms with Gasteiger partial charge in [0.15, 0.2) is 0 Å². The van der Waals surface area contributed by atoms with Gasteiger partial charge in [0.1, 0.15) is 5.82 Å². The molecule has 0 fully saturated rings. The number of unbranched alkanes of at least 4 members (excludes halogenated alkanes) is 4. The molecular weight excluding hydrogens is 334 g/mol. The molecule has 4 heteroatoms. The van der Waals surface area contributed by atoms with E-state index in [1.165, 1.54) is 30.4 Å². The van der Waals surface area contributed by atoms with Crippen LogP contribution >= 0.6 is 0 Å². The lowest BCUT2D eigenvalue weighted by molar-refractivity contribution is -0.116. The zero-order valence-corrected chi connectivity index (χ0v) is 17.9. The van der Waals surface area contributed by atoms with Gasteiger partial charge >= 0.3 is 0 Å². The van der Waals surface area contributed by atoms with E-state index < -0.39 is 0 Å². The first-order chi connectivity index (χ1) is 12.7.